The van der Waals surface area contributed by atoms with Crippen molar-refractivity contribution in [3.05, 3.63) is 29.3 Å². The highest BCUT2D eigenvalue weighted by Crippen LogP contribution is 2.30. The number of benzene rings is 1. The summed E-state index contributed by atoms with van der Waals surface area (Å²) < 4.78 is 0. The molecule has 0 amide bonds. The number of nitrogens with one attached hydrogen (secondary N) is 1. The largest absolute Gasteiger partial charge is 0.316 e. The van der Waals surface area contributed by atoms with Crippen molar-refractivity contribution in [3.8, 4) is 0 Å². The fraction of sp³-hybridized carbons (Fsp3) is 0.571. The number of hydrogen-bond donors (Lipinski definition) is 1. The zero-order valence-corrected chi connectivity index (χ0v) is 11.1. The summed E-state index contributed by atoms with van der Waals surface area (Å²) in [6.45, 7) is 6.75. The summed E-state index contributed by atoms with van der Waals surface area (Å²) in [6.07, 6.45) is 4.06. The third-order valence-corrected chi connectivity index (χ3v) is 4.57. The molecule has 1 heterocycles. The van der Waals surface area contributed by atoms with Crippen LogP contribution in [0.15, 0.2) is 23.1 Å². The minimum absolute atomic E-state index is 0.753. The molecule has 1 aliphatic rings. The van der Waals surface area contributed by atoms with Crippen LogP contribution in [0.4, 0.5) is 0 Å². The maximum absolute atomic E-state index is 3.53. The smallest absolute Gasteiger partial charge is 0.0219 e. The zero-order chi connectivity index (χ0) is 11.4. The molecule has 1 unspecified atom stereocenters. The minimum Gasteiger partial charge on any atom is -0.316 e. The van der Waals surface area contributed by atoms with E-state index >= 15 is 0 Å². The molecular formula is C14H21NS. The third kappa shape index (κ3) is 3.26. The van der Waals surface area contributed by atoms with Gasteiger partial charge in [-0.3, -0.25) is 0 Å². The van der Waals surface area contributed by atoms with Gasteiger partial charge in [0.25, 0.3) is 0 Å². The second-order valence-corrected chi connectivity index (χ2v) is 6.05. The van der Waals surface area contributed by atoms with Crippen molar-refractivity contribution in [2.75, 3.05) is 13.1 Å². The van der Waals surface area contributed by atoms with Crippen molar-refractivity contribution >= 4 is 11.8 Å². The summed E-state index contributed by atoms with van der Waals surface area (Å²) in [5, 5.41) is 4.28. The van der Waals surface area contributed by atoms with Gasteiger partial charge in [-0.25, -0.2) is 0 Å². The average Bonchev–Trinajstić information content (AvgIpc) is 2.52. The maximum atomic E-state index is 3.53. The number of aryl methyl sites for hydroxylation is 2. The Hall–Kier alpha value is -0.470. The van der Waals surface area contributed by atoms with Gasteiger partial charge in [0.1, 0.15) is 0 Å². The molecule has 0 spiro atoms. The van der Waals surface area contributed by atoms with E-state index in [0.29, 0.717) is 0 Å². The van der Waals surface area contributed by atoms with E-state index in [4.69, 9.17) is 0 Å². The third-order valence-electron chi connectivity index (χ3n) is 3.14. The second-order valence-electron chi connectivity index (χ2n) is 4.71. The highest BCUT2D eigenvalue weighted by molar-refractivity contribution is 8.00. The van der Waals surface area contributed by atoms with Gasteiger partial charge in [0, 0.05) is 16.7 Å². The molecule has 2 rings (SSSR count). The van der Waals surface area contributed by atoms with E-state index in [9.17, 15) is 0 Å². The summed E-state index contributed by atoms with van der Waals surface area (Å²) >= 11 is 2.06. The summed E-state index contributed by atoms with van der Waals surface area (Å²) in [4.78, 5) is 1.47. The molecule has 16 heavy (non-hydrogen) atoms. The molecule has 1 N–H and O–H groups in total. The first-order valence-electron chi connectivity index (χ1n) is 6.20. The molecule has 0 bridgehead atoms. The monoisotopic (exact) mass is 235 g/mol. The van der Waals surface area contributed by atoms with Gasteiger partial charge in [-0.15, -0.1) is 11.8 Å². The van der Waals surface area contributed by atoms with E-state index in [2.05, 4.69) is 49.1 Å². The Kier molecular flexibility index (Phi) is 4.30. The molecule has 0 aromatic heterocycles. The van der Waals surface area contributed by atoms with Crippen LogP contribution in [0.1, 0.15) is 30.4 Å². The Morgan fingerprint density at radius 2 is 2.12 bits per heavy atom. The molecule has 88 valence electrons. The van der Waals surface area contributed by atoms with Crippen molar-refractivity contribution < 1.29 is 0 Å². The molecule has 1 atom stereocenters. The van der Waals surface area contributed by atoms with Crippen LogP contribution in [0, 0.1) is 13.8 Å². The van der Waals surface area contributed by atoms with Crippen LogP contribution in [0.2, 0.25) is 0 Å². The molecule has 1 saturated heterocycles. The lowest BCUT2D eigenvalue weighted by Gasteiger charge is -2.15. The summed E-state index contributed by atoms with van der Waals surface area (Å²) in [5.41, 5.74) is 2.79. The molecule has 1 aromatic rings. The average molecular weight is 235 g/mol. The van der Waals surface area contributed by atoms with E-state index in [1.54, 1.807) is 0 Å². The van der Waals surface area contributed by atoms with E-state index < -0.39 is 0 Å². The Balaban J connectivity index is 2.04. The summed E-state index contributed by atoms with van der Waals surface area (Å²) in [6, 6.07) is 6.76. The molecule has 1 aliphatic heterocycles. The molecule has 1 aromatic carbocycles. The molecule has 0 radical (unpaired) electrons. The topological polar surface area (TPSA) is 12.0 Å². The van der Waals surface area contributed by atoms with Gasteiger partial charge >= 0.3 is 0 Å². The van der Waals surface area contributed by atoms with Crippen LogP contribution >= 0.6 is 11.8 Å². The summed E-state index contributed by atoms with van der Waals surface area (Å²) in [5.74, 6) is 0. The zero-order valence-electron chi connectivity index (χ0n) is 10.3. The first-order valence-corrected chi connectivity index (χ1v) is 7.08. The lowest BCUT2D eigenvalue weighted by Crippen LogP contribution is -2.22. The first kappa shape index (κ1) is 12.0. The van der Waals surface area contributed by atoms with Gasteiger partial charge < -0.3 is 5.32 Å². The van der Waals surface area contributed by atoms with Crippen LogP contribution in [0.25, 0.3) is 0 Å². The Morgan fingerprint density at radius 3 is 3.00 bits per heavy atom. The molecule has 1 nitrogen and oxygen atoms in total. The quantitative estimate of drug-likeness (QED) is 0.841. The molecule has 0 saturated carbocycles. The second kappa shape index (κ2) is 5.74. The Morgan fingerprint density at radius 1 is 1.25 bits per heavy atom. The van der Waals surface area contributed by atoms with Crippen molar-refractivity contribution in [2.45, 2.75) is 43.3 Å². The van der Waals surface area contributed by atoms with Crippen LogP contribution in [0.5, 0.6) is 0 Å². The van der Waals surface area contributed by atoms with Gasteiger partial charge in [-0.05, 0) is 44.9 Å². The van der Waals surface area contributed by atoms with Crippen LogP contribution in [-0.2, 0) is 0 Å². The summed E-state index contributed by atoms with van der Waals surface area (Å²) in [7, 11) is 0. The van der Waals surface area contributed by atoms with Crippen molar-refractivity contribution in [3.63, 3.8) is 0 Å². The predicted octanol–water partition coefficient (Wildman–Crippen LogP) is 3.54. The highest BCUT2D eigenvalue weighted by Gasteiger charge is 2.14. The first-order chi connectivity index (χ1) is 7.75. The Bertz CT molecular complexity index is 341. The van der Waals surface area contributed by atoms with Crippen LogP contribution < -0.4 is 5.32 Å². The lowest BCUT2D eigenvalue weighted by atomic mass is 10.2. The van der Waals surface area contributed by atoms with Gasteiger partial charge in [-0.1, -0.05) is 24.1 Å². The Labute approximate surface area is 103 Å². The van der Waals surface area contributed by atoms with Crippen LogP contribution in [0.3, 0.4) is 0 Å². The number of hydrogen-bond acceptors (Lipinski definition) is 2. The fourth-order valence-electron chi connectivity index (χ4n) is 2.10. The van der Waals surface area contributed by atoms with Gasteiger partial charge in [0.15, 0.2) is 0 Å². The lowest BCUT2D eigenvalue weighted by molar-refractivity contribution is 0.706. The van der Waals surface area contributed by atoms with Crippen LogP contribution in [-0.4, -0.2) is 18.3 Å². The normalized spacial score (nSPS) is 21.8. The minimum atomic E-state index is 0.753. The highest BCUT2D eigenvalue weighted by atomic mass is 32.2. The number of rotatable bonds is 2. The molecule has 2 heteroatoms. The van der Waals surface area contributed by atoms with Crippen molar-refractivity contribution in [1.82, 2.24) is 5.32 Å². The number of thioether (sulfide) groups is 1. The fourth-order valence-corrected chi connectivity index (χ4v) is 3.45. The maximum Gasteiger partial charge on any atom is 0.0219 e. The van der Waals surface area contributed by atoms with E-state index in [0.717, 1.165) is 11.8 Å². The van der Waals surface area contributed by atoms with E-state index in [1.165, 1.54) is 41.8 Å². The van der Waals surface area contributed by atoms with Crippen molar-refractivity contribution in [1.29, 1.82) is 0 Å². The van der Waals surface area contributed by atoms with E-state index in [-0.39, 0.29) is 0 Å². The van der Waals surface area contributed by atoms with E-state index in [1.807, 2.05) is 0 Å². The molecule has 1 fully saturated rings. The predicted molar refractivity (Wildman–Crippen MR) is 72.3 cm³/mol. The van der Waals surface area contributed by atoms with Crippen molar-refractivity contribution in [2.24, 2.45) is 0 Å². The van der Waals surface area contributed by atoms with Gasteiger partial charge in [-0.2, -0.15) is 0 Å². The standard InChI is InChI=1S/C14H21NS/c1-11-6-7-12(2)14(9-11)16-13-5-3-4-8-15-10-13/h6-7,9,13,15H,3-5,8,10H2,1-2H3. The molecule has 0 aliphatic carbocycles. The molecular weight excluding hydrogens is 214 g/mol. The van der Waals surface area contributed by atoms with Gasteiger partial charge in [0.05, 0.1) is 0 Å². The SMILES string of the molecule is Cc1ccc(C)c(SC2CCCCNC2)c1. The van der Waals surface area contributed by atoms with Gasteiger partial charge in [0.2, 0.25) is 0 Å².